The first-order valence-corrected chi connectivity index (χ1v) is 7.70. The minimum absolute atomic E-state index is 0. The Morgan fingerprint density at radius 2 is 2.14 bits per heavy atom. The van der Waals surface area contributed by atoms with E-state index >= 15 is 0 Å². The van der Waals surface area contributed by atoms with Gasteiger partial charge in [0.05, 0.1) is 6.54 Å². The topological polar surface area (TPSA) is 78.6 Å². The highest BCUT2D eigenvalue weighted by Gasteiger charge is 2.19. The van der Waals surface area contributed by atoms with Crippen LogP contribution in [0.2, 0.25) is 0 Å². The number of nitrogens with one attached hydrogen (secondary N) is 2. The molecule has 1 saturated heterocycles. The van der Waals surface area contributed by atoms with Crippen molar-refractivity contribution in [3.8, 4) is 0 Å². The molecule has 0 saturated carbocycles. The van der Waals surface area contributed by atoms with Crippen molar-refractivity contribution in [3.05, 3.63) is 11.7 Å². The summed E-state index contributed by atoms with van der Waals surface area (Å²) in [5.74, 6) is 2.02. The molecule has 2 N–H and O–H groups in total. The number of halogens is 1. The Hall–Kier alpha value is -0.900. The molecule has 1 fully saturated rings. The predicted octanol–water partition coefficient (Wildman–Crippen LogP) is 1.54. The molecule has 2 rings (SSSR count). The second-order valence-electron chi connectivity index (χ2n) is 5.42. The highest BCUT2D eigenvalue weighted by molar-refractivity contribution is 14.0. The van der Waals surface area contributed by atoms with Gasteiger partial charge in [-0.05, 0) is 32.7 Å². The average Bonchev–Trinajstić information content (AvgIpc) is 2.91. The van der Waals surface area contributed by atoms with Gasteiger partial charge >= 0.3 is 0 Å². The zero-order valence-electron chi connectivity index (χ0n) is 13.6. The molecule has 7 nitrogen and oxygen atoms in total. The van der Waals surface area contributed by atoms with Crippen LogP contribution >= 0.6 is 24.0 Å². The van der Waals surface area contributed by atoms with E-state index in [1.165, 1.54) is 13.0 Å². The molecular formula is C14H27IN6O. The van der Waals surface area contributed by atoms with Crippen LogP contribution in [0.4, 0.5) is 0 Å². The van der Waals surface area contributed by atoms with Gasteiger partial charge in [-0.2, -0.15) is 4.98 Å². The van der Waals surface area contributed by atoms with Crippen molar-refractivity contribution < 1.29 is 4.52 Å². The molecule has 0 spiro atoms. The predicted molar refractivity (Wildman–Crippen MR) is 97.5 cm³/mol. The highest BCUT2D eigenvalue weighted by atomic mass is 127. The smallest absolute Gasteiger partial charge is 0.246 e. The number of piperidine rings is 1. The highest BCUT2D eigenvalue weighted by Crippen LogP contribution is 2.10. The number of nitrogens with zero attached hydrogens (tertiary/aromatic N) is 4. The number of hydrogen-bond donors (Lipinski definition) is 2. The molecule has 22 heavy (non-hydrogen) atoms. The third-order valence-corrected chi connectivity index (χ3v) is 3.67. The van der Waals surface area contributed by atoms with Gasteiger partial charge in [0.1, 0.15) is 0 Å². The summed E-state index contributed by atoms with van der Waals surface area (Å²) in [5, 5.41) is 10.4. The average molecular weight is 422 g/mol. The van der Waals surface area contributed by atoms with E-state index in [9.17, 15) is 0 Å². The van der Waals surface area contributed by atoms with Gasteiger partial charge in [-0.15, -0.1) is 24.0 Å². The Kier molecular flexibility index (Phi) is 8.69. The molecule has 2 heterocycles. The lowest BCUT2D eigenvalue weighted by Gasteiger charge is -2.32. The Balaban J connectivity index is 0.00000242. The molecule has 8 heteroatoms. The van der Waals surface area contributed by atoms with Crippen LogP contribution in [0.15, 0.2) is 9.52 Å². The Morgan fingerprint density at radius 3 is 2.68 bits per heavy atom. The summed E-state index contributed by atoms with van der Waals surface area (Å²) in [4.78, 5) is 10.9. The van der Waals surface area contributed by atoms with Gasteiger partial charge in [0.15, 0.2) is 11.8 Å². The minimum Gasteiger partial charge on any atom is -0.354 e. The van der Waals surface area contributed by atoms with Gasteiger partial charge in [-0.25, -0.2) is 0 Å². The largest absolute Gasteiger partial charge is 0.354 e. The summed E-state index contributed by atoms with van der Waals surface area (Å²) >= 11 is 0. The molecule has 0 unspecified atom stereocenters. The van der Waals surface area contributed by atoms with Gasteiger partial charge in [-0.1, -0.05) is 12.1 Å². The van der Waals surface area contributed by atoms with Crippen molar-refractivity contribution in [1.82, 2.24) is 25.7 Å². The van der Waals surface area contributed by atoms with E-state index in [4.69, 9.17) is 4.52 Å². The molecule has 0 aliphatic carbocycles. The second kappa shape index (κ2) is 9.98. The molecule has 126 valence electrons. The van der Waals surface area contributed by atoms with E-state index < -0.39 is 0 Å². The van der Waals surface area contributed by atoms with Crippen LogP contribution < -0.4 is 10.6 Å². The molecule has 1 aliphatic heterocycles. The van der Waals surface area contributed by atoms with Gasteiger partial charge in [0.2, 0.25) is 5.89 Å². The van der Waals surface area contributed by atoms with Crippen molar-refractivity contribution in [2.24, 2.45) is 4.99 Å². The third-order valence-electron chi connectivity index (χ3n) is 3.67. The van der Waals surface area contributed by atoms with Crippen molar-refractivity contribution in [1.29, 1.82) is 0 Å². The Morgan fingerprint density at radius 1 is 1.41 bits per heavy atom. The summed E-state index contributed by atoms with van der Waals surface area (Å²) in [6.07, 6.45) is 3.53. The lowest BCUT2D eigenvalue weighted by atomic mass is 10.1. The van der Waals surface area contributed by atoms with Crippen LogP contribution in [0, 0.1) is 6.92 Å². The number of aliphatic imine (C=N–C) groups is 1. The standard InChI is InChI=1S/C14H26N6O.HI/c1-4-7-20-8-5-12(6-9-20)18-14(15-3)16-10-13-17-11(2)19-21-13;/h12H,4-10H2,1-3H3,(H2,15,16,18);1H. The van der Waals surface area contributed by atoms with E-state index in [1.807, 2.05) is 6.92 Å². The van der Waals surface area contributed by atoms with Crippen LogP contribution in [0.1, 0.15) is 37.9 Å². The Bertz CT molecular complexity index is 456. The fourth-order valence-corrected chi connectivity index (χ4v) is 2.58. The summed E-state index contributed by atoms with van der Waals surface area (Å²) in [7, 11) is 1.78. The molecule has 1 aromatic heterocycles. The second-order valence-corrected chi connectivity index (χ2v) is 5.42. The first-order chi connectivity index (χ1) is 10.2. The lowest BCUT2D eigenvalue weighted by Crippen LogP contribution is -2.48. The first kappa shape index (κ1) is 19.1. The van der Waals surface area contributed by atoms with E-state index in [-0.39, 0.29) is 24.0 Å². The van der Waals surface area contributed by atoms with Gasteiger partial charge in [-0.3, -0.25) is 4.99 Å². The number of guanidine groups is 1. The molecule has 0 aromatic carbocycles. The molecule has 0 radical (unpaired) electrons. The summed E-state index contributed by atoms with van der Waals surface area (Å²) in [6.45, 7) is 8.06. The van der Waals surface area contributed by atoms with Crippen LogP contribution in [0.5, 0.6) is 0 Å². The maximum atomic E-state index is 5.08. The van der Waals surface area contributed by atoms with Crippen LogP contribution in [0.25, 0.3) is 0 Å². The third kappa shape index (κ3) is 6.07. The molecule has 0 bridgehead atoms. The van der Waals surface area contributed by atoms with Gasteiger partial charge < -0.3 is 20.1 Å². The fraction of sp³-hybridized carbons (Fsp3) is 0.786. The van der Waals surface area contributed by atoms with Crippen molar-refractivity contribution in [3.63, 3.8) is 0 Å². The van der Waals surface area contributed by atoms with E-state index in [0.717, 1.165) is 31.9 Å². The van der Waals surface area contributed by atoms with Crippen LogP contribution in [0.3, 0.4) is 0 Å². The zero-order chi connectivity index (χ0) is 15.1. The minimum atomic E-state index is 0. The summed E-state index contributed by atoms with van der Waals surface area (Å²) < 4.78 is 5.08. The van der Waals surface area contributed by atoms with Crippen molar-refractivity contribution in [2.45, 2.75) is 45.7 Å². The van der Waals surface area contributed by atoms with E-state index in [2.05, 4.69) is 37.6 Å². The number of aryl methyl sites for hydroxylation is 1. The van der Waals surface area contributed by atoms with Crippen LogP contribution in [-0.4, -0.2) is 53.7 Å². The number of rotatable bonds is 5. The molecule has 0 atom stereocenters. The Labute approximate surface area is 149 Å². The normalized spacial score (nSPS) is 17.1. The molecule has 1 aromatic rings. The summed E-state index contributed by atoms with van der Waals surface area (Å²) in [6, 6.07) is 0.480. The number of hydrogen-bond acceptors (Lipinski definition) is 5. The van der Waals surface area contributed by atoms with E-state index in [1.54, 1.807) is 7.05 Å². The van der Waals surface area contributed by atoms with Gasteiger partial charge in [0.25, 0.3) is 0 Å². The lowest BCUT2D eigenvalue weighted by molar-refractivity contribution is 0.206. The van der Waals surface area contributed by atoms with E-state index in [0.29, 0.717) is 24.3 Å². The fourth-order valence-electron chi connectivity index (χ4n) is 2.58. The summed E-state index contributed by atoms with van der Waals surface area (Å²) in [5.41, 5.74) is 0. The van der Waals surface area contributed by atoms with Gasteiger partial charge in [0, 0.05) is 26.2 Å². The maximum absolute atomic E-state index is 5.08. The molecule has 1 aliphatic rings. The maximum Gasteiger partial charge on any atom is 0.246 e. The first-order valence-electron chi connectivity index (χ1n) is 7.70. The zero-order valence-corrected chi connectivity index (χ0v) is 16.0. The quantitative estimate of drug-likeness (QED) is 0.426. The molecular weight excluding hydrogens is 395 g/mol. The number of likely N-dealkylation sites (tertiary alicyclic amines) is 1. The monoisotopic (exact) mass is 422 g/mol. The number of aromatic nitrogens is 2. The van der Waals surface area contributed by atoms with Crippen LogP contribution in [-0.2, 0) is 6.54 Å². The van der Waals surface area contributed by atoms with Crippen molar-refractivity contribution >= 4 is 29.9 Å². The molecule has 0 amide bonds. The SMILES string of the molecule is CCCN1CCC(NC(=NC)NCc2nc(C)no2)CC1.I. The van der Waals surface area contributed by atoms with Crippen molar-refractivity contribution in [2.75, 3.05) is 26.7 Å².